The highest BCUT2D eigenvalue weighted by Crippen LogP contribution is 2.35. The molecular formula is C14H11Cl2N3O. The molecule has 0 unspecified atom stereocenters. The average molecular weight is 308 g/mol. The summed E-state index contributed by atoms with van der Waals surface area (Å²) >= 11 is 11.9. The van der Waals surface area contributed by atoms with Crippen molar-refractivity contribution in [2.24, 2.45) is 0 Å². The van der Waals surface area contributed by atoms with Gasteiger partial charge in [-0.15, -0.1) is 0 Å². The number of aryl methyl sites for hydroxylation is 2. The van der Waals surface area contributed by atoms with Crippen LogP contribution in [0.5, 0.6) is 11.6 Å². The molecule has 0 aliphatic rings. The second kappa shape index (κ2) is 5.58. The number of benzene rings is 1. The molecule has 0 aliphatic heterocycles. The lowest BCUT2D eigenvalue weighted by molar-refractivity contribution is 0.457. The Bertz CT molecular complexity index is 700. The van der Waals surface area contributed by atoms with Gasteiger partial charge in [-0.05, 0) is 43.2 Å². The van der Waals surface area contributed by atoms with E-state index in [9.17, 15) is 0 Å². The van der Waals surface area contributed by atoms with E-state index in [4.69, 9.17) is 38.9 Å². The first kappa shape index (κ1) is 14.4. The number of nitrogens with two attached hydrogens (primary N) is 1. The first-order valence-electron chi connectivity index (χ1n) is 5.73. The van der Waals surface area contributed by atoms with Crippen LogP contribution in [0, 0.1) is 25.2 Å². The van der Waals surface area contributed by atoms with Crippen LogP contribution in [0.25, 0.3) is 0 Å². The predicted octanol–water partition coefficient (Wildman–Crippen LogP) is 4.25. The van der Waals surface area contributed by atoms with Crippen LogP contribution >= 0.6 is 23.2 Å². The number of hydrogen-bond acceptors (Lipinski definition) is 4. The molecule has 20 heavy (non-hydrogen) atoms. The molecule has 0 amide bonds. The fourth-order valence-electron chi connectivity index (χ4n) is 1.81. The fourth-order valence-corrected chi connectivity index (χ4v) is 2.20. The number of anilines is 1. The van der Waals surface area contributed by atoms with E-state index in [1.807, 2.05) is 13.8 Å². The molecule has 1 aromatic carbocycles. The fraction of sp³-hybridized carbons (Fsp3) is 0.143. The molecule has 6 heteroatoms. The SMILES string of the molecule is Cc1cc(C#N)cc(C)c1Oc1nc(N)c(Cl)cc1Cl. The van der Waals surface area contributed by atoms with Gasteiger partial charge in [-0.1, -0.05) is 23.2 Å². The number of hydrogen-bond donors (Lipinski definition) is 1. The van der Waals surface area contributed by atoms with Crippen LogP contribution in [0.2, 0.25) is 10.0 Å². The Labute approximate surface area is 126 Å². The van der Waals surface area contributed by atoms with Crippen molar-refractivity contribution in [1.29, 1.82) is 5.26 Å². The molecular weight excluding hydrogens is 297 g/mol. The number of nitrogen functional groups attached to an aromatic ring is 1. The minimum absolute atomic E-state index is 0.148. The second-order valence-electron chi connectivity index (χ2n) is 4.30. The Hall–Kier alpha value is -1.96. The molecule has 0 saturated carbocycles. The monoisotopic (exact) mass is 307 g/mol. The van der Waals surface area contributed by atoms with Crippen LogP contribution in [0.1, 0.15) is 16.7 Å². The van der Waals surface area contributed by atoms with E-state index >= 15 is 0 Å². The lowest BCUT2D eigenvalue weighted by Gasteiger charge is -2.13. The van der Waals surface area contributed by atoms with Crippen molar-refractivity contribution < 1.29 is 4.74 Å². The van der Waals surface area contributed by atoms with Crippen molar-refractivity contribution >= 4 is 29.0 Å². The van der Waals surface area contributed by atoms with Gasteiger partial charge in [0, 0.05) is 0 Å². The van der Waals surface area contributed by atoms with Gasteiger partial charge < -0.3 is 10.5 Å². The minimum atomic E-state index is 0.148. The standard InChI is InChI=1S/C14H11Cl2N3O/c1-7-3-9(6-17)4-8(2)12(7)20-14-11(16)5-10(15)13(18)19-14/h3-5H,1-2H3,(H2,18,19). The summed E-state index contributed by atoms with van der Waals surface area (Å²) in [5.41, 5.74) is 7.84. The highest BCUT2D eigenvalue weighted by Gasteiger charge is 2.13. The number of rotatable bonds is 2. The molecule has 102 valence electrons. The van der Waals surface area contributed by atoms with E-state index in [2.05, 4.69) is 11.1 Å². The van der Waals surface area contributed by atoms with Gasteiger partial charge in [0.2, 0.25) is 5.88 Å². The molecule has 0 aliphatic carbocycles. The third-order valence-corrected chi connectivity index (χ3v) is 3.29. The van der Waals surface area contributed by atoms with E-state index in [1.165, 1.54) is 6.07 Å². The Morgan fingerprint density at radius 1 is 1.15 bits per heavy atom. The molecule has 0 saturated heterocycles. The van der Waals surface area contributed by atoms with Gasteiger partial charge in [-0.2, -0.15) is 10.2 Å². The van der Waals surface area contributed by atoms with Gasteiger partial charge in [0.1, 0.15) is 16.6 Å². The number of nitriles is 1. The largest absolute Gasteiger partial charge is 0.437 e. The van der Waals surface area contributed by atoms with E-state index in [1.54, 1.807) is 12.1 Å². The van der Waals surface area contributed by atoms with Gasteiger partial charge in [0.25, 0.3) is 0 Å². The molecule has 0 bridgehead atoms. The van der Waals surface area contributed by atoms with E-state index in [-0.39, 0.29) is 21.7 Å². The summed E-state index contributed by atoms with van der Waals surface area (Å²) in [6.45, 7) is 3.69. The molecule has 2 rings (SSSR count). The Morgan fingerprint density at radius 2 is 1.75 bits per heavy atom. The van der Waals surface area contributed by atoms with Crippen molar-refractivity contribution in [2.75, 3.05) is 5.73 Å². The van der Waals surface area contributed by atoms with E-state index in [0.717, 1.165) is 11.1 Å². The number of nitrogens with zero attached hydrogens (tertiary/aromatic N) is 2. The van der Waals surface area contributed by atoms with Crippen LogP contribution in [0.4, 0.5) is 5.82 Å². The van der Waals surface area contributed by atoms with Gasteiger partial charge in [-0.3, -0.25) is 0 Å². The van der Waals surface area contributed by atoms with Gasteiger partial charge >= 0.3 is 0 Å². The van der Waals surface area contributed by atoms with Crippen molar-refractivity contribution in [3.63, 3.8) is 0 Å². The summed E-state index contributed by atoms with van der Waals surface area (Å²) in [6.07, 6.45) is 0. The maximum absolute atomic E-state index is 8.92. The van der Waals surface area contributed by atoms with Crippen LogP contribution in [-0.4, -0.2) is 4.98 Å². The normalized spacial score (nSPS) is 10.2. The quantitative estimate of drug-likeness (QED) is 0.900. The van der Waals surface area contributed by atoms with Crippen LogP contribution in [0.3, 0.4) is 0 Å². The van der Waals surface area contributed by atoms with Crippen LogP contribution in [0.15, 0.2) is 18.2 Å². The van der Waals surface area contributed by atoms with Crippen molar-refractivity contribution in [2.45, 2.75) is 13.8 Å². The Morgan fingerprint density at radius 3 is 2.30 bits per heavy atom. The number of halogens is 2. The van der Waals surface area contributed by atoms with Crippen molar-refractivity contribution in [1.82, 2.24) is 4.98 Å². The van der Waals surface area contributed by atoms with Crippen LogP contribution in [-0.2, 0) is 0 Å². The predicted molar refractivity (Wildman–Crippen MR) is 79.4 cm³/mol. The second-order valence-corrected chi connectivity index (χ2v) is 5.11. The number of pyridine rings is 1. The third kappa shape index (κ3) is 2.79. The highest BCUT2D eigenvalue weighted by atomic mass is 35.5. The third-order valence-electron chi connectivity index (χ3n) is 2.71. The Balaban J connectivity index is 2.46. The lowest BCUT2D eigenvalue weighted by atomic mass is 10.1. The molecule has 2 aromatic rings. The maximum atomic E-state index is 8.92. The molecule has 2 N–H and O–H groups in total. The van der Waals surface area contributed by atoms with Gasteiger partial charge in [-0.25, -0.2) is 0 Å². The number of ether oxygens (including phenoxy) is 1. The van der Waals surface area contributed by atoms with Crippen molar-refractivity contribution in [3.8, 4) is 17.7 Å². The van der Waals surface area contributed by atoms with Gasteiger partial charge in [0.15, 0.2) is 0 Å². The first-order valence-corrected chi connectivity index (χ1v) is 6.48. The molecule has 0 fully saturated rings. The lowest BCUT2D eigenvalue weighted by Crippen LogP contribution is -1.98. The zero-order chi connectivity index (χ0) is 14.9. The molecule has 0 radical (unpaired) electrons. The Kier molecular flexibility index (Phi) is 4.03. The zero-order valence-electron chi connectivity index (χ0n) is 10.9. The van der Waals surface area contributed by atoms with Crippen LogP contribution < -0.4 is 10.5 Å². The van der Waals surface area contributed by atoms with Gasteiger partial charge in [0.05, 0.1) is 16.7 Å². The van der Waals surface area contributed by atoms with E-state index < -0.39 is 0 Å². The molecule has 4 nitrogen and oxygen atoms in total. The highest BCUT2D eigenvalue weighted by molar-refractivity contribution is 6.36. The minimum Gasteiger partial charge on any atom is -0.437 e. The average Bonchev–Trinajstić information content (AvgIpc) is 2.39. The topological polar surface area (TPSA) is 71.9 Å². The summed E-state index contributed by atoms with van der Waals surface area (Å²) in [6, 6.07) is 7.04. The molecule has 0 spiro atoms. The summed E-state index contributed by atoms with van der Waals surface area (Å²) in [5.74, 6) is 0.930. The summed E-state index contributed by atoms with van der Waals surface area (Å²) < 4.78 is 5.71. The summed E-state index contributed by atoms with van der Waals surface area (Å²) in [4.78, 5) is 4.02. The maximum Gasteiger partial charge on any atom is 0.240 e. The first-order chi connectivity index (χ1) is 9.42. The van der Waals surface area contributed by atoms with Crippen molar-refractivity contribution in [3.05, 3.63) is 44.9 Å². The molecule has 1 aromatic heterocycles. The van der Waals surface area contributed by atoms with E-state index in [0.29, 0.717) is 11.3 Å². The smallest absolute Gasteiger partial charge is 0.240 e. The zero-order valence-corrected chi connectivity index (χ0v) is 12.4. The molecule has 0 atom stereocenters. The molecule has 1 heterocycles. The summed E-state index contributed by atoms with van der Waals surface area (Å²) in [5, 5.41) is 9.47. The summed E-state index contributed by atoms with van der Waals surface area (Å²) in [7, 11) is 0. The number of aromatic nitrogens is 1.